The number of hydroxylamine groups is 1. The number of rotatable bonds is 10. The smallest absolute Gasteiger partial charge is 0.278 e. The van der Waals surface area contributed by atoms with Crippen molar-refractivity contribution in [3.63, 3.8) is 0 Å². The van der Waals surface area contributed by atoms with Gasteiger partial charge >= 0.3 is 0 Å². The highest BCUT2D eigenvalue weighted by atomic mass is 32.2. The zero-order valence-corrected chi connectivity index (χ0v) is 22.6. The van der Waals surface area contributed by atoms with E-state index in [1.165, 1.54) is 17.5 Å². The van der Waals surface area contributed by atoms with E-state index >= 15 is 0 Å². The average Bonchev–Trinajstić information content (AvgIpc) is 3.31. The lowest BCUT2D eigenvalue weighted by molar-refractivity contribution is 0.0365. The normalized spacial score (nSPS) is 13.7. The van der Waals surface area contributed by atoms with E-state index < -0.39 is 15.9 Å². The number of amides is 1. The van der Waals surface area contributed by atoms with Crippen LogP contribution in [0.15, 0.2) is 42.7 Å². The largest absolute Gasteiger partial charge is 0.378 e. The van der Waals surface area contributed by atoms with Crippen LogP contribution in [0.2, 0.25) is 0 Å². The van der Waals surface area contributed by atoms with E-state index in [0.29, 0.717) is 55.0 Å². The van der Waals surface area contributed by atoms with Crippen molar-refractivity contribution in [3.05, 3.63) is 48.3 Å². The van der Waals surface area contributed by atoms with Crippen LogP contribution in [0.25, 0.3) is 0 Å². The standard InChI is InChI=1S/C24H32N8O5S/c1-5-37-29-24(33)18-16-25-23(27-22-8-9-30(2)28-22)15-20(18)26-19-7-6-17(32-10-12-36-13-11-32)14-21(19)31(3)38(4,34)35/h6-9,14-16H,5,10-13H2,1-4H3,(H,29,33)(H2,25,26,27,28). The first kappa shape index (κ1) is 27.2. The van der Waals surface area contributed by atoms with E-state index in [1.54, 1.807) is 43.0 Å². The Hall–Kier alpha value is -3.88. The van der Waals surface area contributed by atoms with E-state index in [-0.39, 0.29) is 12.2 Å². The summed E-state index contributed by atoms with van der Waals surface area (Å²) in [5.74, 6) is 0.501. The van der Waals surface area contributed by atoms with Gasteiger partial charge in [0.05, 0.1) is 48.7 Å². The number of pyridine rings is 1. The number of anilines is 6. The molecule has 3 heterocycles. The second-order valence-electron chi connectivity index (χ2n) is 8.64. The van der Waals surface area contributed by atoms with Crippen LogP contribution in [0.4, 0.5) is 34.4 Å². The number of sulfonamides is 1. The number of nitrogens with zero attached hydrogens (tertiary/aromatic N) is 5. The topological polar surface area (TPSA) is 143 Å². The quantitative estimate of drug-likeness (QED) is 0.325. The minimum absolute atomic E-state index is 0.204. The Balaban J connectivity index is 1.74. The first-order chi connectivity index (χ1) is 18.2. The van der Waals surface area contributed by atoms with Crippen molar-refractivity contribution >= 4 is 50.3 Å². The fourth-order valence-corrected chi connectivity index (χ4v) is 4.35. The minimum atomic E-state index is -3.59. The molecule has 13 nitrogen and oxygen atoms in total. The summed E-state index contributed by atoms with van der Waals surface area (Å²) in [6, 6.07) is 8.94. The van der Waals surface area contributed by atoms with Crippen molar-refractivity contribution in [1.82, 2.24) is 20.2 Å². The van der Waals surface area contributed by atoms with Gasteiger partial charge in [0.1, 0.15) is 5.82 Å². The third-order valence-corrected chi connectivity index (χ3v) is 7.08. The fraction of sp³-hybridized carbons (Fsp3) is 0.375. The van der Waals surface area contributed by atoms with Crippen molar-refractivity contribution in [3.8, 4) is 0 Å². The second kappa shape index (κ2) is 11.7. The number of aromatic nitrogens is 3. The number of ether oxygens (including phenoxy) is 1. The van der Waals surface area contributed by atoms with Crippen LogP contribution in [-0.4, -0.2) is 75.3 Å². The highest BCUT2D eigenvalue weighted by Crippen LogP contribution is 2.35. The molecule has 38 heavy (non-hydrogen) atoms. The van der Waals surface area contributed by atoms with Gasteiger partial charge in [-0.2, -0.15) is 5.10 Å². The van der Waals surface area contributed by atoms with Crippen molar-refractivity contribution in [2.45, 2.75) is 6.92 Å². The molecule has 0 atom stereocenters. The Labute approximate surface area is 221 Å². The maximum Gasteiger partial charge on any atom is 0.278 e. The summed E-state index contributed by atoms with van der Waals surface area (Å²) in [5, 5.41) is 10.6. The Kier molecular flexibility index (Phi) is 8.34. The fourth-order valence-electron chi connectivity index (χ4n) is 3.84. The molecule has 0 radical (unpaired) electrons. The van der Waals surface area contributed by atoms with Crippen LogP contribution in [0.3, 0.4) is 0 Å². The van der Waals surface area contributed by atoms with Gasteiger partial charge in [-0.1, -0.05) is 0 Å². The summed E-state index contributed by atoms with van der Waals surface area (Å²) in [7, 11) is -0.300. The Morgan fingerprint density at radius 3 is 2.55 bits per heavy atom. The van der Waals surface area contributed by atoms with Gasteiger partial charge in [0.15, 0.2) is 5.82 Å². The summed E-state index contributed by atoms with van der Waals surface area (Å²) in [6.45, 7) is 4.62. The van der Waals surface area contributed by atoms with Crippen LogP contribution < -0.4 is 25.3 Å². The van der Waals surface area contributed by atoms with Gasteiger partial charge in [0.2, 0.25) is 10.0 Å². The van der Waals surface area contributed by atoms with E-state index in [1.807, 2.05) is 12.1 Å². The van der Waals surface area contributed by atoms with Crippen LogP contribution in [0, 0.1) is 0 Å². The van der Waals surface area contributed by atoms with Gasteiger partial charge in [0.25, 0.3) is 5.91 Å². The number of benzene rings is 1. The molecule has 0 aliphatic carbocycles. The van der Waals surface area contributed by atoms with Crippen molar-refractivity contribution in [1.29, 1.82) is 0 Å². The third-order valence-electron chi connectivity index (χ3n) is 5.89. The number of morpholine rings is 1. The van der Waals surface area contributed by atoms with E-state index in [4.69, 9.17) is 9.57 Å². The summed E-state index contributed by atoms with van der Waals surface area (Å²) >= 11 is 0. The molecule has 14 heteroatoms. The lowest BCUT2D eigenvalue weighted by atomic mass is 10.1. The number of hydrogen-bond acceptors (Lipinski definition) is 10. The number of aryl methyl sites for hydroxylation is 1. The molecule has 1 aliphatic rings. The van der Waals surface area contributed by atoms with Crippen LogP contribution >= 0.6 is 0 Å². The maximum atomic E-state index is 12.8. The number of nitrogens with one attached hydrogen (secondary N) is 3. The van der Waals surface area contributed by atoms with Gasteiger partial charge in [-0.25, -0.2) is 18.9 Å². The molecule has 4 rings (SSSR count). The first-order valence-electron chi connectivity index (χ1n) is 12.0. The molecular weight excluding hydrogens is 512 g/mol. The molecule has 3 aromatic rings. The Morgan fingerprint density at radius 1 is 1.13 bits per heavy atom. The predicted molar refractivity (Wildman–Crippen MR) is 146 cm³/mol. The van der Waals surface area contributed by atoms with Crippen molar-refractivity contribution < 1.29 is 22.8 Å². The molecule has 2 aromatic heterocycles. The van der Waals surface area contributed by atoms with E-state index in [0.717, 1.165) is 11.9 Å². The molecule has 0 saturated carbocycles. The lowest BCUT2D eigenvalue weighted by Crippen LogP contribution is -2.36. The van der Waals surface area contributed by atoms with Crippen LogP contribution in [0.1, 0.15) is 17.3 Å². The molecule has 204 valence electrons. The van der Waals surface area contributed by atoms with Gasteiger partial charge in [-0.05, 0) is 25.1 Å². The predicted octanol–water partition coefficient (Wildman–Crippen LogP) is 2.22. The van der Waals surface area contributed by atoms with Crippen molar-refractivity contribution in [2.75, 3.05) is 66.1 Å². The zero-order chi connectivity index (χ0) is 27.3. The Bertz CT molecular complexity index is 1390. The van der Waals surface area contributed by atoms with Crippen LogP contribution in [0.5, 0.6) is 0 Å². The summed E-state index contributed by atoms with van der Waals surface area (Å²) in [6.07, 6.45) is 4.33. The zero-order valence-electron chi connectivity index (χ0n) is 21.8. The molecule has 1 saturated heterocycles. The average molecular weight is 545 g/mol. The number of carbonyl (C=O) groups excluding carboxylic acids is 1. The highest BCUT2D eigenvalue weighted by Gasteiger charge is 2.21. The molecule has 0 bridgehead atoms. The minimum Gasteiger partial charge on any atom is -0.378 e. The number of hydrogen-bond donors (Lipinski definition) is 3. The molecule has 1 aliphatic heterocycles. The van der Waals surface area contributed by atoms with Gasteiger partial charge < -0.3 is 20.3 Å². The summed E-state index contributed by atoms with van der Waals surface area (Å²) in [5.41, 5.74) is 4.74. The van der Waals surface area contributed by atoms with Gasteiger partial charge in [-0.15, -0.1) is 0 Å². The molecule has 3 N–H and O–H groups in total. The second-order valence-corrected chi connectivity index (χ2v) is 10.6. The number of carbonyl (C=O) groups is 1. The van der Waals surface area contributed by atoms with E-state index in [2.05, 4.69) is 31.1 Å². The van der Waals surface area contributed by atoms with E-state index in [9.17, 15) is 13.2 Å². The molecule has 1 fully saturated rings. The molecule has 1 aromatic carbocycles. The molecule has 1 amide bonds. The highest BCUT2D eigenvalue weighted by molar-refractivity contribution is 7.92. The Morgan fingerprint density at radius 2 is 1.89 bits per heavy atom. The molecular formula is C24H32N8O5S. The first-order valence-corrected chi connectivity index (χ1v) is 13.9. The lowest BCUT2D eigenvalue weighted by Gasteiger charge is -2.30. The maximum absolute atomic E-state index is 12.8. The van der Waals surface area contributed by atoms with Crippen LogP contribution in [-0.2, 0) is 26.6 Å². The van der Waals surface area contributed by atoms with Crippen molar-refractivity contribution in [2.24, 2.45) is 7.05 Å². The monoisotopic (exact) mass is 544 g/mol. The third kappa shape index (κ3) is 6.51. The van der Waals surface area contributed by atoms with Gasteiger partial charge in [-0.3, -0.25) is 18.6 Å². The summed E-state index contributed by atoms with van der Waals surface area (Å²) < 4.78 is 33.4. The molecule has 0 spiro atoms. The summed E-state index contributed by atoms with van der Waals surface area (Å²) in [4.78, 5) is 24.4. The molecule has 0 unspecified atom stereocenters. The van der Waals surface area contributed by atoms with Gasteiger partial charge in [0, 0.05) is 57.4 Å². The SMILES string of the molecule is CCONC(=O)c1cnc(Nc2ccn(C)n2)cc1Nc1ccc(N2CCOCC2)cc1N(C)S(C)(=O)=O.